The molecule has 1 amide bonds. The van der Waals surface area contributed by atoms with Gasteiger partial charge in [-0.05, 0) is 66.2 Å². The first-order chi connectivity index (χ1) is 15.4. The van der Waals surface area contributed by atoms with Gasteiger partial charge in [0, 0.05) is 10.0 Å². The Bertz CT molecular complexity index is 1200. The fourth-order valence-corrected chi connectivity index (χ4v) is 4.74. The zero-order valence-electron chi connectivity index (χ0n) is 16.9. The van der Waals surface area contributed by atoms with E-state index in [0.717, 1.165) is 15.6 Å². The van der Waals surface area contributed by atoms with E-state index in [0.29, 0.717) is 26.4 Å². The van der Waals surface area contributed by atoms with Gasteiger partial charge < -0.3 is 9.47 Å². The molecular weight excluding hydrogens is 513 g/mol. The number of hydrogen-bond donors (Lipinski definition) is 0. The topological polar surface area (TPSA) is 38.8 Å². The Kier molecular flexibility index (Phi) is 6.93. The molecule has 4 nitrogen and oxygen atoms in total. The van der Waals surface area contributed by atoms with Crippen LogP contribution in [-0.2, 0) is 11.4 Å². The summed E-state index contributed by atoms with van der Waals surface area (Å²) in [5, 5.41) is 0. The molecule has 0 aliphatic carbocycles. The average Bonchev–Trinajstić information content (AvgIpc) is 3.07. The summed E-state index contributed by atoms with van der Waals surface area (Å²) in [7, 11) is 1.59. The summed E-state index contributed by atoms with van der Waals surface area (Å²) in [5.41, 5.74) is 2.25. The number of methoxy groups -OCH3 is 1. The van der Waals surface area contributed by atoms with Crippen molar-refractivity contribution >= 4 is 61.9 Å². The van der Waals surface area contributed by atoms with Crippen LogP contribution in [0.5, 0.6) is 11.5 Å². The summed E-state index contributed by atoms with van der Waals surface area (Å²) in [5.74, 6) is 0.811. The molecule has 0 spiro atoms. The van der Waals surface area contributed by atoms with Crippen LogP contribution in [0.1, 0.15) is 11.1 Å². The van der Waals surface area contributed by atoms with E-state index in [4.69, 9.17) is 21.7 Å². The van der Waals surface area contributed by atoms with Crippen molar-refractivity contribution in [3.63, 3.8) is 0 Å². The monoisotopic (exact) mass is 529 g/mol. The number of nitrogens with zero attached hydrogens (tertiary/aromatic N) is 1. The third kappa shape index (κ3) is 5.03. The maximum atomic E-state index is 13.1. The highest BCUT2D eigenvalue weighted by Crippen LogP contribution is 2.38. The summed E-state index contributed by atoms with van der Waals surface area (Å²) in [6.07, 6.45) is 1.77. The third-order valence-corrected chi connectivity index (χ3v) is 6.49. The molecular formula is C24H17BrFNO3S2. The molecule has 0 unspecified atom stereocenters. The first kappa shape index (κ1) is 22.5. The minimum Gasteiger partial charge on any atom is -0.497 e. The van der Waals surface area contributed by atoms with Gasteiger partial charge in [0.15, 0.2) is 4.32 Å². The number of hydrogen-bond acceptors (Lipinski definition) is 5. The van der Waals surface area contributed by atoms with Gasteiger partial charge in [0.1, 0.15) is 23.9 Å². The number of carbonyl (C=O) groups excluding carboxylic acids is 1. The van der Waals surface area contributed by atoms with E-state index in [-0.39, 0.29) is 18.3 Å². The maximum Gasteiger partial charge on any atom is 0.270 e. The van der Waals surface area contributed by atoms with Crippen LogP contribution < -0.4 is 14.4 Å². The van der Waals surface area contributed by atoms with Crippen molar-refractivity contribution in [1.82, 2.24) is 0 Å². The highest BCUT2D eigenvalue weighted by Gasteiger charge is 2.33. The number of thioether (sulfide) groups is 1. The average molecular weight is 530 g/mol. The lowest BCUT2D eigenvalue weighted by atomic mass is 10.1. The molecule has 8 heteroatoms. The first-order valence-electron chi connectivity index (χ1n) is 9.53. The Balaban J connectivity index is 1.58. The van der Waals surface area contributed by atoms with Crippen LogP contribution in [0.25, 0.3) is 6.08 Å². The van der Waals surface area contributed by atoms with Gasteiger partial charge in [-0.2, -0.15) is 0 Å². The number of benzene rings is 3. The largest absolute Gasteiger partial charge is 0.497 e. The second-order valence-electron chi connectivity index (χ2n) is 6.81. The highest BCUT2D eigenvalue weighted by molar-refractivity contribution is 9.10. The van der Waals surface area contributed by atoms with Crippen molar-refractivity contribution in [1.29, 1.82) is 0 Å². The smallest absolute Gasteiger partial charge is 0.270 e. The number of amides is 1. The van der Waals surface area contributed by atoms with E-state index in [9.17, 15) is 9.18 Å². The summed E-state index contributed by atoms with van der Waals surface area (Å²) in [4.78, 5) is 15.1. The molecule has 1 aliphatic rings. The third-order valence-electron chi connectivity index (χ3n) is 4.69. The molecule has 0 radical (unpaired) electrons. The van der Waals surface area contributed by atoms with Crippen molar-refractivity contribution in [3.05, 3.63) is 93.1 Å². The number of rotatable bonds is 6. The number of ether oxygens (including phenoxy) is 2. The predicted molar refractivity (Wildman–Crippen MR) is 134 cm³/mol. The van der Waals surface area contributed by atoms with Gasteiger partial charge in [-0.3, -0.25) is 9.69 Å². The lowest BCUT2D eigenvalue weighted by Crippen LogP contribution is -2.27. The van der Waals surface area contributed by atoms with E-state index in [2.05, 4.69) is 15.9 Å². The second-order valence-corrected chi connectivity index (χ2v) is 9.40. The van der Waals surface area contributed by atoms with Crippen LogP contribution in [0.4, 0.5) is 10.1 Å². The molecule has 32 heavy (non-hydrogen) atoms. The van der Waals surface area contributed by atoms with Crippen LogP contribution >= 0.6 is 39.9 Å². The normalized spacial score (nSPS) is 14.8. The predicted octanol–water partition coefficient (Wildman–Crippen LogP) is 6.58. The van der Waals surface area contributed by atoms with E-state index in [1.54, 1.807) is 49.6 Å². The fourth-order valence-electron chi connectivity index (χ4n) is 3.07. The molecule has 0 N–H and O–H groups in total. The molecule has 3 aromatic carbocycles. The van der Waals surface area contributed by atoms with Crippen LogP contribution in [0.3, 0.4) is 0 Å². The molecule has 1 heterocycles. The maximum absolute atomic E-state index is 13.1. The van der Waals surface area contributed by atoms with E-state index in [1.165, 1.54) is 28.8 Å². The molecule has 1 fully saturated rings. The minimum atomic E-state index is -0.294. The molecule has 4 rings (SSSR count). The molecule has 0 aromatic heterocycles. The zero-order valence-corrected chi connectivity index (χ0v) is 20.1. The van der Waals surface area contributed by atoms with Gasteiger partial charge in [0.25, 0.3) is 5.91 Å². The zero-order chi connectivity index (χ0) is 22.7. The summed E-state index contributed by atoms with van der Waals surface area (Å²) in [6, 6.07) is 18.9. The Morgan fingerprint density at radius 1 is 1.09 bits per heavy atom. The second kappa shape index (κ2) is 9.85. The lowest BCUT2D eigenvalue weighted by molar-refractivity contribution is -0.113. The molecule has 0 atom stereocenters. The number of anilines is 1. The Labute approximate surface area is 203 Å². The van der Waals surface area contributed by atoms with E-state index >= 15 is 0 Å². The van der Waals surface area contributed by atoms with E-state index < -0.39 is 0 Å². The van der Waals surface area contributed by atoms with Gasteiger partial charge in [0.05, 0.1) is 17.7 Å². The van der Waals surface area contributed by atoms with Gasteiger partial charge in [-0.15, -0.1) is 0 Å². The van der Waals surface area contributed by atoms with E-state index in [1.807, 2.05) is 18.2 Å². The SMILES string of the molecule is COc1ccc(N2C(=O)/C(=C\c3cc(Br)ccc3OCc3ccc(F)cc3)SC2=S)cc1. The molecule has 3 aromatic rings. The van der Waals surface area contributed by atoms with Crippen LogP contribution in [0.2, 0.25) is 0 Å². The summed E-state index contributed by atoms with van der Waals surface area (Å²) >= 11 is 10.2. The molecule has 1 aliphatic heterocycles. The van der Waals surface area contributed by atoms with Gasteiger partial charge >= 0.3 is 0 Å². The van der Waals surface area contributed by atoms with Crippen LogP contribution in [-0.4, -0.2) is 17.3 Å². The van der Waals surface area contributed by atoms with Gasteiger partial charge in [0.2, 0.25) is 0 Å². The number of halogens is 2. The molecule has 1 saturated heterocycles. The Hall–Kier alpha value is -2.68. The van der Waals surface area contributed by atoms with Crippen molar-refractivity contribution in [2.75, 3.05) is 12.0 Å². The molecule has 162 valence electrons. The van der Waals surface area contributed by atoms with Crippen molar-refractivity contribution in [2.24, 2.45) is 0 Å². The Morgan fingerprint density at radius 3 is 2.50 bits per heavy atom. The lowest BCUT2D eigenvalue weighted by Gasteiger charge is -2.14. The fraction of sp³-hybridized carbons (Fsp3) is 0.0833. The van der Waals surface area contributed by atoms with Crippen LogP contribution in [0.15, 0.2) is 76.1 Å². The quantitative estimate of drug-likeness (QED) is 0.266. The molecule has 0 bridgehead atoms. The van der Waals surface area contributed by atoms with Gasteiger partial charge in [-0.25, -0.2) is 4.39 Å². The standard InChI is InChI=1S/C24H17BrFNO3S2/c1-29-20-9-7-19(8-10-20)27-23(28)22(32-24(27)31)13-16-12-17(25)4-11-21(16)30-14-15-2-5-18(26)6-3-15/h2-13H,14H2,1H3/b22-13+. The summed E-state index contributed by atoms with van der Waals surface area (Å²) in [6.45, 7) is 0.273. The first-order valence-corrected chi connectivity index (χ1v) is 11.5. The van der Waals surface area contributed by atoms with Gasteiger partial charge in [-0.1, -0.05) is 52.0 Å². The van der Waals surface area contributed by atoms with Crippen LogP contribution in [0, 0.1) is 5.82 Å². The number of carbonyl (C=O) groups is 1. The van der Waals surface area contributed by atoms with Crippen molar-refractivity contribution in [2.45, 2.75) is 6.61 Å². The minimum absolute atomic E-state index is 0.199. The summed E-state index contributed by atoms with van der Waals surface area (Å²) < 4.78 is 25.6. The highest BCUT2D eigenvalue weighted by atomic mass is 79.9. The molecule has 0 saturated carbocycles. The Morgan fingerprint density at radius 2 is 1.81 bits per heavy atom. The van der Waals surface area contributed by atoms with Crippen molar-refractivity contribution < 1.29 is 18.7 Å². The van der Waals surface area contributed by atoms with Crippen molar-refractivity contribution in [3.8, 4) is 11.5 Å². The number of thiocarbonyl (C=S) groups is 1.